The number of para-hydroxylation sites is 6. The summed E-state index contributed by atoms with van der Waals surface area (Å²) in [7, 11) is 0. The van der Waals surface area contributed by atoms with Gasteiger partial charge in [0.05, 0.1) is 66.9 Å². The molecule has 350 valence electrons. The Morgan fingerprint density at radius 2 is 0.539 bits per heavy atom. The number of hydrogen-bond donors (Lipinski definition) is 0. The molecule has 0 aliphatic rings. The van der Waals surface area contributed by atoms with Crippen molar-refractivity contribution in [3.8, 4) is 34.9 Å². The van der Waals surface area contributed by atoms with E-state index >= 15 is 0 Å². The lowest BCUT2D eigenvalue weighted by Gasteiger charge is -2.27. The standard InChI is InChI=1S/C68H36N6S2/c69-37-49-63(71-51-25-9-1-17-39(51)40-18-2-10-26-52(40)71)50(38-70)65(74-56-30-14-6-24-48(56)62-58(74)36-34-46-44-22-8-16-32-60(44)76-68(46)62)66(72-53-27-11-3-19-41(53)42-20-4-12-28-54(42)72)64(49)73-55-29-13-5-23-47(55)61-57(73)35-33-45-43-21-7-15-31-59(43)75-67(45)61/h1-36H. The molecule has 0 bridgehead atoms. The molecule has 0 spiro atoms. The summed E-state index contributed by atoms with van der Waals surface area (Å²) in [6.07, 6.45) is 0. The highest BCUT2D eigenvalue weighted by atomic mass is 32.1. The third-order valence-corrected chi connectivity index (χ3v) is 18.4. The molecule has 0 unspecified atom stereocenters. The quantitative estimate of drug-likeness (QED) is 0.176. The predicted molar refractivity (Wildman–Crippen MR) is 319 cm³/mol. The van der Waals surface area contributed by atoms with Crippen LogP contribution in [-0.4, -0.2) is 18.3 Å². The fourth-order valence-electron chi connectivity index (χ4n) is 13.1. The number of fused-ring (bicyclic) bond motifs is 20. The van der Waals surface area contributed by atoms with Crippen molar-refractivity contribution in [3.63, 3.8) is 0 Å². The highest BCUT2D eigenvalue weighted by Crippen LogP contribution is 2.52. The largest absolute Gasteiger partial charge is 0.306 e. The maximum atomic E-state index is 12.6. The Hall–Kier alpha value is -9.96. The van der Waals surface area contributed by atoms with Gasteiger partial charge in [-0.25, -0.2) is 0 Å². The molecule has 11 aromatic carbocycles. The summed E-state index contributed by atoms with van der Waals surface area (Å²) in [6.45, 7) is 0. The van der Waals surface area contributed by atoms with Gasteiger partial charge in [-0.1, -0.05) is 158 Å². The summed E-state index contributed by atoms with van der Waals surface area (Å²) in [5.74, 6) is 0. The molecule has 6 nitrogen and oxygen atoms in total. The topological polar surface area (TPSA) is 67.3 Å². The van der Waals surface area contributed by atoms with Gasteiger partial charge in [-0.15, -0.1) is 22.7 Å². The summed E-state index contributed by atoms with van der Waals surface area (Å²) in [5, 5.41) is 38.6. The third-order valence-electron chi connectivity index (χ3n) is 16.0. The SMILES string of the molecule is N#Cc1c(-n2c3ccccc3c3ccccc32)c(C#N)c(-n2c3ccccc3c3c4sc5ccccc5c4ccc32)c(-n2c3ccccc3c3ccccc32)c1-n1c2ccccc2c2c3sc4ccccc4c3ccc21. The number of thiophene rings is 2. The highest BCUT2D eigenvalue weighted by Gasteiger charge is 2.35. The minimum absolute atomic E-state index is 0.385. The second kappa shape index (κ2) is 15.3. The Morgan fingerprint density at radius 1 is 0.250 bits per heavy atom. The number of benzene rings is 11. The summed E-state index contributed by atoms with van der Waals surface area (Å²) in [4.78, 5) is 0. The van der Waals surface area contributed by atoms with Crippen LogP contribution in [0.1, 0.15) is 11.1 Å². The number of rotatable bonds is 4. The van der Waals surface area contributed by atoms with Crippen LogP contribution in [0.15, 0.2) is 218 Å². The van der Waals surface area contributed by atoms with E-state index in [2.05, 4.69) is 249 Å². The zero-order valence-electron chi connectivity index (χ0n) is 40.3. The van der Waals surface area contributed by atoms with Crippen molar-refractivity contribution < 1.29 is 0 Å². The molecule has 0 amide bonds. The van der Waals surface area contributed by atoms with Crippen LogP contribution in [0.2, 0.25) is 0 Å². The molecule has 76 heavy (non-hydrogen) atoms. The fraction of sp³-hybridized carbons (Fsp3) is 0. The average molecular weight is 1000 g/mol. The smallest absolute Gasteiger partial charge is 0.104 e. The van der Waals surface area contributed by atoms with Crippen molar-refractivity contribution in [3.05, 3.63) is 230 Å². The van der Waals surface area contributed by atoms with E-state index in [1.54, 1.807) is 0 Å². The number of hydrogen-bond acceptors (Lipinski definition) is 4. The summed E-state index contributed by atoms with van der Waals surface area (Å²) in [5.41, 5.74) is 11.0. The van der Waals surface area contributed by atoms with Gasteiger partial charge in [-0.2, -0.15) is 10.5 Å². The molecular formula is C68H36N6S2. The molecule has 0 saturated heterocycles. The van der Waals surface area contributed by atoms with Gasteiger partial charge < -0.3 is 18.3 Å². The van der Waals surface area contributed by atoms with Crippen LogP contribution in [0.5, 0.6) is 0 Å². The highest BCUT2D eigenvalue weighted by molar-refractivity contribution is 7.27. The van der Waals surface area contributed by atoms with Crippen LogP contribution >= 0.6 is 22.7 Å². The van der Waals surface area contributed by atoms with E-state index in [-0.39, 0.29) is 0 Å². The van der Waals surface area contributed by atoms with Crippen LogP contribution in [0, 0.1) is 22.7 Å². The molecule has 17 rings (SSSR count). The van der Waals surface area contributed by atoms with Crippen molar-refractivity contribution in [2.24, 2.45) is 0 Å². The Morgan fingerprint density at radius 3 is 0.908 bits per heavy atom. The second-order valence-corrected chi connectivity index (χ2v) is 21.8. The van der Waals surface area contributed by atoms with Gasteiger partial charge in [0, 0.05) is 83.4 Å². The molecule has 0 fully saturated rings. The van der Waals surface area contributed by atoms with E-state index in [0.717, 1.165) is 92.9 Å². The van der Waals surface area contributed by atoms with E-state index in [4.69, 9.17) is 0 Å². The fourth-order valence-corrected chi connectivity index (χ4v) is 15.6. The van der Waals surface area contributed by atoms with Gasteiger partial charge in [-0.3, -0.25) is 0 Å². The van der Waals surface area contributed by atoms with Crippen LogP contribution in [0.25, 0.3) is 150 Å². The third kappa shape index (κ3) is 5.26. The van der Waals surface area contributed by atoms with E-state index in [1.807, 2.05) is 22.7 Å². The lowest BCUT2D eigenvalue weighted by molar-refractivity contribution is 1.02. The van der Waals surface area contributed by atoms with Gasteiger partial charge in [0.15, 0.2) is 0 Å². The van der Waals surface area contributed by atoms with Crippen molar-refractivity contribution in [2.45, 2.75) is 0 Å². The average Bonchev–Trinajstić information content (AvgIpc) is 4.43. The first kappa shape index (κ1) is 41.5. The number of nitrogens with zero attached hydrogens (tertiary/aromatic N) is 6. The Labute approximate surface area is 440 Å². The Bertz CT molecular complexity index is 5190. The number of aromatic nitrogens is 4. The lowest BCUT2D eigenvalue weighted by Crippen LogP contribution is -2.16. The van der Waals surface area contributed by atoms with Gasteiger partial charge in [0.25, 0.3) is 0 Å². The maximum Gasteiger partial charge on any atom is 0.104 e. The molecule has 0 atom stereocenters. The number of nitriles is 2. The first-order valence-electron chi connectivity index (χ1n) is 25.4. The normalized spacial score (nSPS) is 12.2. The van der Waals surface area contributed by atoms with Gasteiger partial charge in [-0.05, 0) is 60.7 Å². The van der Waals surface area contributed by atoms with Gasteiger partial charge in [0.1, 0.15) is 23.3 Å². The van der Waals surface area contributed by atoms with Crippen molar-refractivity contribution in [1.29, 1.82) is 10.5 Å². The zero-order valence-corrected chi connectivity index (χ0v) is 41.9. The second-order valence-electron chi connectivity index (χ2n) is 19.7. The Kier molecular flexibility index (Phi) is 8.36. The molecule has 17 aromatic rings. The molecule has 0 aliphatic heterocycles. The predicted octanol–water partition coefficient (Wildman–Crippen LogP) is 18.6. The zero-order chi connectivity index (χ0) is 49.9. The van der Waals surface area contributed by atoms with Crippen LogP contribution in [0.4, 0.5) is 0 Å². The Balaban J connectivity index is 1.19. The lowest BCUT2D eigenvalue weighted by atomic mass is 9.98. The van der Waals surface area contributed by atoms with Crippen LogP contribution in [-0.2, 0) is 0 Å². The van der Waals surface area contributed by atoms with E-state index < -0.39 is 0 Å². The van der Waals surface area contributed by atoms with E-state index in [1.165, 1.54) is 40.3 Å². The van der Waals surface area contributed by atoms with Crippen molar-refractivity contribution in [1.82, 2.24) is 18.3 Å². The molecule has 0 radical (unpaired) electrons. The summed E-state index contributed by atoms with van der Waals surface area (Å²) < 4.78 is 14.1. The minimum atomic E-state index is 0.385. The van der Waals surface area contributed by atoms with E-state index in [9.17, 15) is 10.5 Å². The summed E-state index contributed by atoms with van der Waals surface area (Å²) in [6, 6.07) is 83.4. The van der Waals surface area contributed by atoms with Gasteiger partial charge >= 0.3 is 0 Å². The summed E-state index contributed by atoms with van der Waals surface area (Å²) >= 11 is 3.63. The first-order chi connectivity index (χ1) is 37.7. The van der Waals surface area contributed by atoms with Gasteiger partial charge in [0.2, 0.25) is 0 Å². The molecule has 6 aromatic heterocycles. The van der Waals surface area contributed by atoms with Crippen molar-refractivity contribution in [2.75, 3.05) is 0 Å². The molecular weight excluding hydrogens is 965 g/mol. The van der Waals surface area contributed by atoms with Crippen LogP contribution in [0.3, 0.4) is 0 Å². The monoisotopic (exact) mass is 1000 g/mol. The molecule has 6 heterocycles. The molecule has 0 saturated carbocycles. The minimum Gasteiger partial charge on any atom is -0.306 e. The van der Waals surface area contributed by atoms with Crippen LogP contribution < -0.4 is 0 Å². The van der Waals surface area contributed by atoms with E-state index in [0.29, 0.717) is 28.2 Å². The molecule has 8 heteroatoms. The maximum absolute atomic E-state index is 12.6. The molecule has 0 N–H and O–H groups in total. The van der Waals surface area contributed by atoms with Crippen molar-refractivity contribution >= 4 is 150 Å². The first-order valence-corrected chi connectivity index (χ1v) is 27.0. The molecule has 0 aliphatic carbocycles.